The minimum Gasteiger partial charge on any atom is -0.493 e. The fourth-order valence-electron chi connectivity index (χ4n) is 1.86. The molecule has 2 aromatic rings. The third-order valence-electron chi connectivity index (χ3n) is 2.90. The summed E-state index contributed by atoms with van der Waals surface area (Å²) in [6.07, 6.45) is 0.841. The van der Waals surface area contributed by atoms with Crippen molar-refractivity contribution in [1.82, 2.24) is 0 Å². The summed E-state index contributed by atoms with van der Waals surface area (Å²) in [6, 6.07) is 15.6. The van der Waals surface area contributed by atoms with Gasteiger partial charge in [-0.05, 0) is 23.3 Å². The topological polar surface area (TPSA) is 38.7 Å². The van der Waals surface area contributed by atoms with Crippen LogP contribution in [0.15, 0.2) is 48.5 Å². The Kier molecular flexibility index (Phi) is 4.81. The first kappa shape index (κ1) is 13.4. The number of aliphatic hydroxyl groups excluding tert-OH is 1. The van der Waals surface area contributed by atoms with Crippen LogP contribution in [0.3, 0.4) is 0 Å². The molecule has 19 heavy (non-hydrogen) atoms. The molecule has 0 aromatic heterocycles. The predicted octanol–water partition coefficient (Wildman–Crippen LogP) is 2.81. The summed E-state index contributed by atoms with van der Waals surface area (Å²) >= 11 is 0. The van der Waals surface area contributed by atoms with Gasteiger partial charge in [0, 0.05) is 6.42 Å². The minimum atomic E-state index is -0.000953. The van der Waals surface area contributed by atoms with E-state index in [1.807, 2.05) is 36.4 Å². The number of ether oxygens (including phenoxy) is 2. The van der Waals surface area contributed by atoms with E-state index < -0.39 is 0 Å². The van der Waals surface area contributed by atoms with Crippen LogP contribution in [0.25, 0.3) is 0 Å². The van der Waals surface area contributed by atoms with Gasteiger partial charge in [-0.2, -0.15) is 0 Å². The van der Waals surface area contributed by atoms with Crippen LogP contribution < -0.4 is 9.47 Å². The van der Waals surface area contributed by atoms with E-state index in [4.69, 9.17) is 14.6 Å². The Morgan fingerprint density at radius 2 is 1.74 bits per heavy atom. The quantitative estimate of drug-likeness (QED) is 0.866. The molecule has 0 bridgehead atoms. The minimum absolute atomic E-state index is 0.000953. The molecule has 100 valence electrons. The SMILES string of the molecule is COc1ccc(CO)cc1OCCc1ccccc1. The number of methoxy groups -OCH3 is 1. The lowest BCUT2D eigenvalue weighted by Crippen LogP contribution is -2.03. The third-order valence-corrected chi connectivity index (χ3v) is 2.90. The van der Waals surface area contributed by atoms with Crippen LogP contribution in [-0.4, -0.2) is 18.8 Å². The Morgan fingerprint density at radius 3 is 2.42 bits per heavy atom. The van der Waals surface area contributed by atoms with E-state index in [0.29, 0.717) is 18.1 Å². The van der Waals surface area contributed by atoms with E-state index in [9.17, 15) is 0 Å². The lowest BCUT2D eigenvalue weighted by molar-refractivity contribution is 0.276. The maximum absolute atomic E-state index is 9.13. The summed E-state index contributed by atoms with van der Waals surface area (Å²) in [6.45, 7) is 0.578. The van der Waals surface area contributed by atoms with E-state index in [1.54, 1.807) is 7.11 Å². The first-order valence-corrected chi connectivity index (χ1v) is 6.28. The smallest absolute Gasteiger partial charge is 0.161 e. The summed E-state index contributed by atoms with van der Waals surface area (Å²) in [5.41, 5.74) is 2.05. The molecule has 0 aliphatic carbocycles. The molecule has 0 atom stereocenters. The van der Waals surface area contributed by atoms with E-state index in [1.165, 1.54) is 5.56 Å². The zero-order valence-corrected chi connectivity index (χ0v) is 11.0. The number of hydrogen-bond donors (Lipinski definition) is 1. The summed E-state index contributed by atoms with van der Waals surface area (Å²) in [5.74, 6) is 1.36. The van der Waals surface area contributed by atoms with Crippen molar-refractivity contribution < 1.29 is 14.6 Å². The van der Waals surface area contributed by atoms with Crippen molar-refractivity contribution in [2.45, 2.75) is 13.0 Å². The molecule has 0 unspecified atom stereocenters. The molecule has 0 saturated carbocycles. The van der Waals surface area contributed by atoms with Crippen molar-refractivity contribution in [2.24, 2.45) is 0 Å². The van der Waals surface area contributed by atoms with Gasteiger partial charge in [-0.1, -0.05) is 36.4 Å². The molecule has 0 heterocycles. The number of rotatable bonds is 6. The molecular formula is C16H18O3. The molecule has 0 amide bonds. The average Bonchev–Trinajstić information content (AvgIpc) is 2.48. The first-order chi connectivity index (χ1) is 9.33. The molecule has 3 nitrogen and oxygen atoms in total. The lowest BCUT2D eigenvalue weighted by atomic mass is 10.2. The van der Waals surface area contributed by atoms with Crippen LogP contribution in [0.4, 0.5) is 0 Å². The Bertz CT molecular complexity index is 509. The summed E-state index contributed by atoms with van der Waals surface area (Å²) in [5, 5.41) is 9.13. The first-order valence-electron chi connectivity index (χ1n) is 6.28. The van der Waals surface area contributed by atoms with Crippen LogP contribution in [0, 0.1) is 0 Å². The molecule has 0 radical (unpaired) electrons. The maximum Gasteiger partial charge on any atom is 0.161 e. The van der Waals surface area contributed by atoms with Crippen molar-refractivity contribution in [3.8, 4) is 11.5 Å². The normalized spacial score (nSPS) is 10.2. The molecular weight excluding hydrogens is 240 g/mol. The van der Waals surface area contributed by atoms with Crippen LogP contribution >= 0.6 is 0 Å². The number of aliphatic hydroxyl groups is 1. The van der Waals surface area contributed by atoms with Crippen LogP contribution in [0.2, 0.25) is 0 Å². The molecule has 0 aliphatic rings. The van der Waals surface area contributed by atoms with Crippen molar-refractivity contribution in [2.75, 3.05) is 13.7 Å². The van der Waals surface area contributed by atoms with Gasteiger partial charge in [-0.15, -0.1) is 0 Å². The summed E-state index contributed by atoms with van der Waals surface area (Å²) in [4.78, 5) is 0. The third kappa shape index (κ3) is 3.73. The highest BCUT2D eigenvalue weighted by Crippen LogP contribution is 2.28. The lowest BCUT2D eigenvalue weighted by Gasteiger charge is -2.11. The molecule has 3 heteroatoms. The van der Waals surface area contributed by atoms with E-state index in [2.05, 4.69) is 12.1 Å². The van der Waals surface area contributed by atoms with Crippen molar-refractivity contribution >= 4 is 0 Å². The second-order valence-corrected chi connectivity index (χ2v) is 4.23. The molecule has 0 fully saturated rings. The van der Waals surface area contributed by atoms with Gasteiger partial charge in [0.25, 0.3) is 0 Å². The van der Waals surface area contributed by atoms with Gasteiger partial charge in [0.1, 0.15) is 0 Å². The van der Waals surface area contributed by atoms with Crippen LogP contribution in [-0.2, 0) is 13.0 Å². The van der Waals surface area contributed by atoms with Crippen LogP contribution in [0.1, 0.15) is 11.1 Å². The predicted molar refractivity (Wildman–Crippen MR) is 74.6 cm³/mol. The fraction of sp³-hybridized carbons (Fsp3) is 0.250. The standard InChI is InChI=1S/C16H18O3/c1-18-15-8-7-14(12-17)11-16(15)19-10-9-13-5-3-2-4-6-13/h2-8,11,17H,9-10,12H2,1H3. The Balaban J connectivity index is 1.98. The zero-order valence-electron chi connectivity index (χ0n) is 11.0. The van der Waals surface area contributed by atoms with E-state index in [-0.39, 0.29) is 6.61 Å². The molecule has 2 rings (SSSR count). The van der Waals surface area contributed by atoms with E-state index in [0.717, 1.165) is 12.0 Å². The molecule has 2 aromatic carbocycles. The second kappa shape index (κ2) is 6.81. The van der Waals surface area contributed by atoms with E-state index >= 15 is 0 Å². The highest BCUT2D eigenvalue weighted by atomic mass is 16.5. The molecule has 0 spiro atoms. The molecule has 0 saturated heterocycles. The monoisotopic (exact) mass is 258 g/mol. The van der Waals surface area contributed by atoms with Gasteiger partial charge in [0.15, 0.2) is 11.5 Å². The summed E-state index contributed by atoms with van der Waals surface area (Å²) in [7, 11) is 1.61. The van der Waals surface area contributed by atoms with Gasteiger partial charge in [0.05, 0.1) is 20.3 Å². The molecule has 1 N–H and O–H groups in total. The van der Waals surface area contributed by atoms with Crippen molar-refractivity contribution in [1.29, 1.82) is 0 Å². The highest BCUT2D eigenvalue weighted by molar-refractivity contribution is 5.42. The Labute approximate surface area is 113 Å². The summed E-state index contributed by atoms with van der Waals surface area (Å²) < 4.78 is 11.0. The highest BCUT2D eigenvalue weighted by Gasteiger charge is 2.05. The number of benzene rings is 2. The van der Waals surface area contributed by atoms with Gasteiger partial charge < -0.3 is 14.6 Å². The van der Waals surface area contributed by atoms with Crippen molar-refractivity contribution in [3.05, 3.63) is 59.7 Å². The average molecular weight is 258 g/mol. The van der Waals surface area contributed by atoms with Gasteiger partial charge in [0.2, 0.25) is 0 Å². The maximum atomic E-state index is 9.13. The second-order valence-electron chi connectivity index (χ2n) is 4.23. The van der Waals surface area contributed by atoms with Gasteiger partial charge in [-0.3, -0.25) is 0 Å². The largest absolute Gasteiger partial charge is 0.493 e. The fourth-order valence-corrected chi connectivity index (χ4v) is 1.86. The Morgan fingerprint density at radius 1 is 0.947 bits per heavy atom. The van der Waals surface area contributed by atoms with Crippen LogP contribution in [0.5, 0.6) is 11.5 Å². The van der Waals surface area contributed by atoms with Gasteiger partial charge in [-0.25, -0.2) is 0 Å². The van der Waals surface area contributed by atoms with Crippen molar-refractivity contribution in [3.63, 3.8) is 0 Å². The number of hydrogen-bond acceptors (Lipinski definition) is 3. The Hall–Kier alpha value is -2.00. The molecule has 0 aliphatic heterocycles. The zero-order chi connectivity index (χ0) is 13.5. The van der Waals surface area contributed by atoms with Gasteiger partial charge >= 0.3 is 0 Å².